The van der Waals surface area contributed by atoms with Crippen LogP contribution in [-0.4, -0.2) is 13.4 Å². The van der Waals surface area contributed by atoms with Crippen molar-refractivity contribution in [3.8, 4) is 0 Å². The van der Waals surface area contributed by atoms with Crippen LogP contribution in [0.25, 0.3) is 15.7 Å². The molecule has 3 rings (SSSR count). The fourth-order valence-electron chi connectivity index (χ4n) is 2.38. The van der Waals surface area contributed by atoms with E-state index in [-0.39, 0.29) is 10.6 Å². The zero-order chi connectivity index (χ0) is 16.6. The zero-order valence-electron chi connectivity index (χ0n) is 12.1. The van der Waals surface area contributed by atoms with Crippen LogP contribution < -0.4 is 4.72 Å². The van der Waals surface area contributed by atoms with E-state index in [2.05, 4.69) is 30.5 Å². The Balaban J connectivity index is 2.08. The molecule has 0 radical (unpaired) electrons. The van der Waals surface area contributed by atoms with Crippen LogP contribution in [0.4, 0.5) is 11.4 Å². The summed E-state index contributed by atoms with van der Waals surface area (Å²) >= 11 is 3.45. The van der Waals surface area contributed by atoms with Crippen LogP contribution in [0.15, 0.2) is 52.0 Å². The summed E-state index contributed by atoms with van der Waals surface area (Å²) in [6, 6.07) is 9.51. The first-order valence-electron chi connectivity index (χ1n) is 6.69. The molecule has 3 aromatic rings. The smallest absolute Gasteiger partial charge is 0.260 e. The lowest BCUT2D eigenvalue weighted by atomic mass is 10.1. The maximum atomic E-state index is 12.6. The van der Waals surface area contributed by atoms with Crippen molar-refractivity contribution in [3.63, 3.8) is 0 Å². The lowest BCUT2D eigenvalue weighted by Gasteiger charge is -2.10. The average Bonchev–Trinajstić information content (AvgIpc) is 2.93. The highest BCUT2D eigenvalue weighted by Crippen LogP contribution is 2.33. The number of nitrogens with one attached hydrogen (secondary N) is 2. The minimum absolute atomic E-state index is 0.0605. The Bertz CT molecular complexity index is 1050. The van der Waals surface area contributed by atoms with Gasteiger partial charge in [-0.15, -0.1) is 0 Å². The van der Waals surface area contributed by atoms with Crippen molar-refractivity contribution in [3.05, 3.63) is 64.0 Å². The van der Waals surface area contributed by atoms with Gasteiger partial charge in [-0.2, -0.15) is 0 Å². The topological polar surface area (TPSA) is 66.3 Å². The van der Waals surface area contributed by atoms with Crippen LogP contribution in [0.3, 0.4) is 0 Å². The van der Waals surface area contributed by atoms with Gasteiger partial charge in [-0.1, -0.05) is 18.2 Å². The van der Waals surface area contributed by atoms with Gasteiger partial charge in [0.15, 0.2) is 5.69 Å². The van der Waals surface area contributed by atoms with E-state index in [0.717, 1.165) is 15.4 Å². The monoisotopic (exact) mass is 389 g/mol. The van der Waals surface area contributed by atoms with E-state index < -0.39 is 10.0 Å². The fraction of sp³-hybridized carbons (Fsp3) is 0.0625. The van der Waals surface area contributed by atoms with Crippen molar-refractivity contribution >= 4 is 48.2 Å². The summed E-state index contributed by atoms with van der Waals surface area (Å²) in [5.41, 5.74) is 2.49. The highest BCUT2D eigenvalue weighted by atomic mass is 79.9. The number of aromatic amines is 1. The minimum atomic E-state index is -3.77. The number of halogens is 1. The Hall–Kier alpha value is -2.30. The maximum absolute atomic E-state index is 12.6. The molecular formula is C16H12BrN3O2S. The molecular weight excluding hydrogens is 378 g/mol. The van der Waals surface area contributed by atoms with E-state index >= 15 is 0 Å². The summed E-state index contributed by atoms with van der Waals surface area (Å²) in [5.74, 6) is 0. The molecule has 116 valence electrons. The molecule has 0 unspecified atom stereocenters. The molecule has 0 aliphatic carbocycles. The van der Waals surface area contributed by atoms with Gasteiger partial charge in [-0.05, 0) is 46.6 Å². The molecule has 1 heterocycles. The molecule has 5 nitrogen and oxygen atoms in total. The Labute approximate surface area is 142 Å². The van der Waals surface area contributed by atoms with Crippen molar-refractivity contribution in [2.24, 2.45) is 0 Å². The second-order valence-corrected chi connectivity index (χ2v) is 7.57. The molecule has 0 aliphatic rings. The molecule has 2 N–H and O–H groups in total. The number of rotatable bonds is 3. The van der Waals surface area contributed by atoms with Gasteiger partial charge in [0.05, 0.1) is 22.7 Å². The largest absolute Gasteiger partial charge is 0.358 e. The van der Waals surface area contributed by atoms with Gasteiger partial charge in [-0.3, -0.25) is 4.72 Å². The molecule has 0 amide bonds. The standard InChI is InChI=1S/C16H12BrN3O2S/c1-10-6-7-14(16-15(10)13(17)9-19-16)20-23(21,22)12-5-3-4-11(8-12)18-2/h3-9,19-20H,1H3. The van der Waals surface area contributed by atoms with Gasteiger partial charge in [0.2, 0.25) is 0 Å². The third-order valence-electron chi connectivity index (χ3n) is 3.50. The molecule has 7 heteroatoms. The Morgan fingerprint density at radius 1 is 1.26 bits per heavy atom. The number of nitrogens with zero attached hydrogens (tertiary/aromatic N) is 1. The highest BCUT2D eigenvalue weighted by molar-refractivity contribution is 9.10. The number of anilines is 1. The van der Waals surface area contributed by atoms with Crippen LogP contribution in [0, 0.1) is 13.5 Å². The van der Waals surface area contributed by atoms with Crippen LogP contribution in [0.5, 0.6) is 0 Å². The van der Waals surface area contributed by atoms with Crippen LogP contribution in [-0.2, 0) is 10.0 Å². The van der Waals surface area contributed by atoms with E-state index in [4.69, 9.17) is 6.57 Å². The predicted octanol–water partition coefficient (Wildman–Crippen LogP) is 4.59. The van der Waals surface area contributed by atoms with Crippen LogP contribution in [0.1, 0.15) is 5.56 Å². The van der Waals surface area contributed by atoms with E-state index in [1.54, 1.807) is 24.4 Å². The van der Waals surface area contributed by atoms with Crippen LogP contribution >= 0.6 is 15.9 Å². The summed E-state index contributed by atoms with van der Waals surface area (Å²) in [4.78, 5) is 6.39. The third kappa shape index (κ3) is 2.83. The number of aryl methyl sites for hydroxylation is 1. The lowest BCUT2D eigenvalue weighted by molar-refractivity contribution is 0.601. The van der Waals surface area contributed by atoms with Crippen molar-refractivity contribution in [2.75, 3.05) is 4.72 Å². The Morgan fingerprint density at radius 3 is 2.78 bits per heavy atom. The van der Waals surface area contributed by atoms with Gasteiger partial charge in [0.25, 0.3) is 10.0 Å². The molecule has 0 fully saturated rings. The van der Waals surface area contributed by atoms with Gasteiger partial charge >= 0.3 is 0 Å². The van der Waals surface area contributed by atoms with Crippen molar-refractivity contribution < 1.29 is 8.42 Å². The van der Waals surface area contributed by atoms with Gasteiger partial charge in [-0.25, -0.2) is 13.3 Å². The number of hydrogen-bond donors (Lipinski definition) is 2. The van der Waals surface area contributed by atoms with E-state index in [9.17, 15) is 8.42 Å². The zero-order valence-corrected chi connectivity index (χ0v) is 14.5. The molecule has 23 heavy (non-hydrogen) atoms. The lowest BCUT2D eigenvalue weighted by Crippen LogP contribution is -2.13. The summed E-state index contributed by atoms with van der Waals surface area (Å²) in [6.45, 7) is 8.96. The number of aromatic nitrogens is 1. The minimum Gasteiger partial charge on any atom is -0.358 e. The molecule has 0 aliphatic heterocycles. The molecule has 1 aromatic heterocycles. The summed E-state index contributed by atoms with van der Waals surface area (Å²) in [7, 11) is -3.77. The molecule has 0 saturated carbocycles. The van der Waals surface area contributed by atoms with Crippen molar-refractivity contribution in [1.82, 2.24) is 4.98 Å². The number of H-pyrrole nitrogens is 1. The van der Waals surface area contributed by atoms with E-state index in [1.165, 1.54) is 12.1 Å². The normalized spacial score (nSPS) is 11.3. The van der Waals surface area contributed by atoms with Gasteiger partial charge in [0.1, 0.15) is 0 Å². The Morgan fingerprint density at radius 2 is 2.04 bits per heavy atom. The molecule has 0 spiro atoms. The molecule has 2 aromatic carbocycles. The first kappa shape index (κ1) is 15.6. The average molecular weight is 390 g/mol. The highest BCUT2D eigenvalue weighted by Gasteiger charge is 2.17. The fourth-order valence-corrected chi connectivity index (χ4v) is 4.12. The quantitative estimate of drug-likeness (QED) is 0.643. The second-order valence-electron chi connectivity index (χ2n) is 5.03. The maximum Gasteiger partial charge on any atom is 0.260 e. The molecule has 0 bridgehead atoms. The SMILES string of the molecule is [C-]#[N+]c1cccc(S(=O)(=O)Nc2ccc(C)c3c(Br)c[nH]c23)c1. The van der Waals surface area contributed by atoms with Crippen molar-refractivity contribution in [2.45, 2.75) is 11.8 Å². The number of sulfonamides is 1. The van der Waals surface area contributed by atoms with Gasteiger partial charge < -0.3 is 4.98 Å². The summed E-state index contributed by atoms with van der Waals surface area (Å²) in [6.07, 6.45) is 1.77. The number of hydrogen-bond acceptors (Lipinski definition) is 2. The number of benzene rings is 2. The second kappa shape index (κ2) is 5.72. The molecule has 0 saturated heterocycles. The van der Waals surface area contributed by atoms with E-state index in [0.29, 0.717) is 11.2 Å². The number of fused-ring (bicyclic) bond motifs is 1. The van der Waals surface area contributed by atoms with Crippen LogP contribution in [0.2, 0.25) is 0 Å². The summed E-state index contributed by atoms with van der Waals surface area (Å²) in [5, 5.41) is 0.931. The van der Waals surface area contributed by atoms with Crippen molar-refractivity contribution in [1.29, 1.82) is 0 Å². The predicted molar refractivity (Wildman–Crippen MR) is 94.2 cm³/mol. The van der Waals surface area contributed by atoms with Gasteiger partial charge in [0, 0.05) is 16.1 Å². The third-order valence-corrected chi connectivity index (χ3v) is 5.49. The Kier molecular flexibility index (Phi) is 3.88. The summed E-state index contributed by atoms with van der Waals surface area (Å²) < 4.78 is 28.6. The first-order valence-corrected chi connectivity index (χ1v) is 8.96. The van der Waals surface area contributed by atoms with E-state index in [1.807, 2.05) is 13.0 Å². The first-order chi connectivity index (χ1) is 10.9. The molecule has 0 atom stereocenters.